The second-order valence-corrected chi connectivity index (χ2v) is 10.0. The molecule has 0 amide bonds. The number of hydrogen-bond donors (Lipinski definition) is 3. The Morgan fingerprint density at radius 2 is 1.83 bits per heavy atom. The van der Waals surface area contributed by atoms with Gasteiger partial charge in [-0.15, -0.1) is 0 Å². The van der Waals surface area contributed by atoms with Crippen molar-refractivity contribution in [2.24, 2.45) is 34.0 Å². The van der Waals surface area contributed by atoms with Crippen LogP contribution in [0.3, 0.4) is 0 Å². The second-order valence-electron chi connectivity index (χ2n) is 10.0. The molecule has 0 heterocycles. The summed E-state index contributed by atoms with van der Waals surface area (Å²) in [5, 5.41) is 30.6. The molecule has 4 aliphatic rings. The molecule has 4 nitrogen and oxygen atoms in total. The van der Waals surface area contributed by atoms with Crippen LogP contribution in [0.15, 0.2) is 0 Å². The fraction of sp³-hybridized carbons (Fsp3) is 0.950. The van der Waals surface area contributed by atoms with Crippen LogP contribution in [0.5, 0.6) is 0 Å². The van der Waals surface area contributed by atoms with Gasteiger partial charge in [0, 0.05) is 0 Å². The van der Waals surface area contributed by atoms with Crippen LogP contribution in [0.2, 0.25) is 0 Å². The van der Waals surface area contributed by atoms with Gasteiger partial charge in [0.1, 0.15) is 0 Å². The van der Waals surface area contributed by atoms with Crippen LogP contribution in [0.1, 0.15) is 71.6 Å². The molecule has 0 aromatic carbocycles. The van der Waals surface area contributed by atoms with Crippen molar-refractivity contribution in [2.75, 3.05) is 6.61 Å². The summed E-state index contributed by atoms with van der Waals surface area (Å²) in [5.74, 6) is 0.348. The molecule has 1 spiro atoms. The Labute approximate surface area is 144 Å². The first-order valence-electron chi connectivity index (χ1n) is 9.77. The van der Waals surface area contributed by atoms with Crippen molar-refractivity contribution in [3.63, 3.8) is 0 Å². The number of aliphatic hydroxyl groups excluding tert-OH is 1. The lowest BCUT2D eigenvalue weighted by Crippen LogP contribution is -2.58. The first-order chi connectivity index (χ1) is 11.2. The molecule has 2 bridgehead atoms. The fourth-order valence-electron chi connectivity index (χ4n) is 8.06. The Morgan fingerprint density at radius 3 is 2.50 bits per heavy atom. The van der Waals surface area contributed by atoms with Crippen LogP contribution >= 0.6 is 0 Å². The highest BCUT2D eigenvalue weighted by atomic mass is 16.4. The maximum absolute atomic E-state index is 12.1. The zero-order valence-corrected chi connectivity index (χ0v) is 15.1. The highest BCUT2D eigenvalue weighted by molar-refractivity contribution is 5.75. The average molecular weight is 336 g/mol. The molecular weight excluding hydrogens is 304 g/mol. The van der Waals surface area contributed by atoms with E-state index in [-0.39, 0.29) is 29.3 Å². The standard InChI is InChI=1S/C20H32O4/c1-17-7-3-8-18(2,16(22)23)14(17)6-9-19-10-13(4-5-15(17)19)20(24,11-19)12-21/h13-15,21,24H,3-12H2,1-2H3,(H,22,23)/t13-,14?,15?,17+,18+,19-,20+/m0/s1. The van der Waals surface area contributed by atoms with E-state index in [4.69, 9.17) is 0 Å². The van der Waals surface area contributed by atoms with Crippen molar-refractivity contribution in [2.45, 2.75) is 77.2 Å². The topological polar surface area (TPSA) is 77.8 Å². The van der Waals surface area contributed by atoms with Crippen LogP contribution in [0.4, 0.5) is 0 Å². The summed E-state index contributed by atoms with van der Waals surface area (Å²) in [5.41, 5.74) is -1.31. The zero-order chi connectivity index (χ0) is 17.4. The highest BCUT2D eigenvalue weighted by Crippen LogP contribution is 2.72. The predicted molar refractivity (Wildman–Crippen MR) is 90.3 cm³/mol. The summed E-state index contributed by atoms with van der Waals surface area (Å²) >= 11 is 0. The van der Waals surface area contributed by atoms with E-state index in [1.165, 1.54) is 0 Å². The minimum absolute atomic E-state index is 0.0648. The number of hydrogen-bond acceptors (Lipinski definition) is 3. The molecule has 4 fully saturated rings. The molecule has 2 unspecified atom stereocenters. The zero-order valence-electron chi connectivity index (χ0n) is 15.1. The number of carboxylic acids is 1. The lowest BCUT2D eigenvalue weighted by atomic mass is 9.41. The minimum Gasteiger partial charge on any atom is -0.481 e. The predicted octanol–water partition coefficient (Wildman–Crippen LogP) is 3.21. The molecule has 4 saturated carbocycles. The first kappa shape index (κ1) is 16.8. The van der Waals surface area contributed by atoms with Crippen LogP contribution in [0.25, 0.3) is 0 Å². The molecule has 136 valence electrons. The van der Waals surface area contributed by atoms with Crippen molar-refractivity contribution in [3.05, 3.63) is 0 Å². The maximum Gasteiger partial charge on any atom is 0.309 e. The van der Waals surface area contributed by atoms with E-state index in [2.05, 4.69) is 6.92 Å². The van der Waals surface area contributed by atoms with E-state index in [1.807, 2.05) is 6.92 Å². The van der Waals surface area contributed by atoms with Gasteiger partial charge in [-0.2, -0.15) is 0 Å². The smallest absolute Gasteiger partial charge is 0.309 e. The largest absolute Gasteiger partial charge is 0.481 e. The molecule has 0 aliphatic heterocycles. The second kappa shape index (κ2) is 4.97. The maximum atomic E-state index is 12.1. The van der Waals surface area contributed by atoms with Gasteiger partial charge in [0.25, 0.3) is 0 Å². The van der Waals surface area contributed by atoms with Crippen LogP contribution in [-0.2, 0) is 4.79 Å². The van der Waals surface area contributed by atoms with E-state index in [0.717, 1.165) is 57.8 Å². The van der Waals surface area contributed by atoms with E-state index in [1.54, 1.807) is 0 Å². The summed E-state index contributed by atoms with van der Waals surface area (Å²) < 4.78 is 0. The van der Waals surface area contributed by atoms with Crippen molar-refractivity contribution in [1.29, 1.82) is 0 Å². The normalized spacial score (nSPS) is 56.4. The van der Waals surface area contributed by atoms with Gasteiger partial charge in [0.2, 0.25) is 0 Å². The minimum atomic E-state index is -0.900. The summed E-state index contributed by atoms with van der Waals surface area (Å²) in [6.07, 6.45) is 8.73. The fourth-order valence-corrected chi connectivity index (χ4v) is 8.06. The molecule has 0 saturated heterocycles. The Hall–Kier alpha value is -0.610. The molecule has 0 aromatic rings. The summed E-state index contributed by atoms with van der Waals surface area (Å²) in [6, 6.07) is 0. The van der Waals surface area contributed by atoms with Gasteiger partial charge in [-0.25, -0.2) is 0 Å². The molecule has 3 N–H and O–H groups in total. The third kappa shape index (κ3) is 1.90. The molecule has 0 radical (unpaired) electrons. The van der Waals surface area contributed by atoms with E-state index in [0.29, 0.717) is 5.92 Å². The van der Waals surface area contributed by atoms with Crippen LogP contribution in [0, 0.1) is 34.0 Å². The van der Waals surface area contributed by atoms with Crippen molar-refractivity contribution >= 4 is 5.97 Å². The van der Waals surface area contributed by atoms with Gasteiger partial charge in [-0.1, -0.05) is 13.3 Å². The van der Waals surface area contributed by atoms with Crippen LogP contribution in [-0.4, -0.2) is 33.5 Å². The Bertz CT molecular complexity index is 562. The quantitative estimate of drug-likeness (QED) is 0.723. The number of fused-ring (bicyclic) bond motifs is 3. The van der Waals surface area contributed by atoms with Crippen molar-refractivity contribution in [3.8, 4) is 0 Å². The first-order valence-corrected chi connectivity index (χ1v) is 9.77. The molecule has 7 atom stereocenters. The van der Waals surface area contributed by atoms with Gasteiger partial charge < -0.3 is 15.3 Å². The molecule has 4 rings (SSSR count). The SMILES string of the molecule is C[C@@]12CCC[C@@](C)(C(=O)O)C1CC[C@@]13C[C@H](CCC12)[C@](O)(CO)C3. The molecule has 24 heavy (non-hydrogen) atoms. The van der Waals surface area contributed by atoms with Crippen molar-refractivity contribution < 1.29 is 20.1 Å². The highest BCUT2D eigenvalue weighted by Gasteiger charge is 2.68. The van der Waals surface area contributed by atoms with E-state index >= 15 is 0 Å². The summed E-state index contributed by atoms with van der Waals surface area (Å²) in [6.45, 7) is 4.19. The molecule has 0 aromatic heterocycles. The number of rotatable bonds is 2. The van der Waals surface area contributed by atoms with Gasteiger partial charge in [0.15, 0.2) is 0 Å². The van der Waals surface area contributed by atoms with Crippen LogP contribution < -0.4 is 0 Å². The Balaban J connectivity index is 1.73. The van der Waals surface area contributed by atoms with E-state index in [9.17, 15) is 20.1 Å². The Morgan fingerprint density at radius 1 is 1.08 bits per heavy atom. The number of carboxylic acid groups (broad SMARTS) is 1. The van der Waals surface area contributed by atoms with Gasteiger partial charge in [-0.3, -0.25) is 4.79 Å². The third-order valence-corrected chi connectivity index (χ3v) is 9.08. The molecular formula is C20H32O4. The third-order valence-electron chi connectivity index (χ3n) is 9.08. The average Bonchev–Trinajstić information content (AvgIpc) is 2.73. The number of aliphatic carboxylic acids is 1. The van der Waals surface area contributed by atoms with Crippen molar-refractivity contribution in [1.82, 2.24) is 0 Å². The Kier molecular flexibility index (Phi) is 3.49. The van der Waals surface area contributed by atoms with Gasteiger partial charge >= 0.3 is 5.97 Å². The lowest BCUT2D eigenvalue weighted by Gasteiger charge is -2.63. The van der Waals surface area contributed by atoms with Gasteiger partial charge in [0.05, 0.1) is 17.6 Å². The lowest BCUT2D eigenvalue weighted by molar-refractivity contribution is -0.181. The molecule has 4 heteroatoms. The summed E-state index contributed by atoms with van der Waals surface area (Å²) in [4.78, 5) is 12.1. The monoisotopic (exact) mass is 336 g/mol. The summed E-state index contributed by atoms with van der Waals surface area (Å²) in [7, 11) is 0. The number of carbonyl (C=O) groups is 1. The van der Waals surface area contributed by atoms with Gasteiger partial charge in [-0.05, 0) is 86.9 Å². The number of aliphatic hydroxyl groups is 2. The molecule has 4 aliphatic carbocycles. The van der Waals surface area contributed by atoms with E-state index < -0.39 is 17.0 Å².